The highest BCUT2D eigenvalue weighted by molar-refractivity contribution is 5.15. The number of aryl methyl sites for hydroxylation is 2. The van der Waals surface area contributed by atoms with Gasteiger partial charge in [-0.25, -0.2) is 0 Å². The molecule has 0 aliphatic rings. The molecule has 0 aliphatic heterocycles. The maximum absolute atomic E-state index is 2.28. The van der Waals surface area contributed by atoms with Gasteiger partial charge < -0.3 is 0 Å². The van der Waals surface area contributed by atoms with Gasteiger partial charge in [0.25, 0.3) is 0 Å². The summed E-state index contributed by atoms with van der Waals surface area (Å²) in [4.78, 5) is 0. The van der Waals surface area contributed by atoms with Crippen LogP contribution in [-0.2, 0) is 6.42 Å². The Hall–Kier alpha value is -0.830. The van der Waals surface area contributed by atoms with Gasteiger partial charge in [-0.2, -0.15) is 0 Å². The molecule has 0 amide bonds. The molecule has 0 radical (unpaired) electrons. The Kier molecular flexibility index (Phi) is 3.99. The lowest BCUT2D eigenvalue weighted by molar-refractivity contribution is -0.597. The average Bonchev–Trinajstić information content (AvgIpc) is 2.33. The molecular formula is C15H16I+. The van der Waals surface area contributed by atoms with Crippen LogP contribution in [-0.4, -0.2) is 0 Å². The third-order valence-electron chi connectivity index (χ3n) is 2.55. The molecular weight excluding hydrogens is 307 g/mol. The Bertz CT molecular complexity index is 440. The maximum Gasteiger partial charge on any atom is 0.357 e. The minimum atomic E-state index is -0.00216. The van der Waals surface area contributed by atoms with Crippen molar-refractivity contribution in [3.63, 3.8) is 0 Å². The molecule has 2 aromatic carbocycles. The van der Waals surface area contributed by atoms with Crippen LogP contribution in [0.15, 0.2) is 48.5 Å². The molecule has 0 saturated carbocycles. The second-order valence-electron chi connectivity index (χ2n) is 3.87. The van der Waals surface area contributed by atoms with E-state index in [1.807, 2.05) is 0 Å². The van der Waals surface area contributed by atoms with Crippen LogP contribution in [0.2, 0.25) is 0 Å². The predicted molar refractivity (Wildman–Crippen MR) is 64.4 cm³/mol. The first kappa shape index (κ1) is 11.6. The molecule has 2 rings (SSSR count). The number of benzene rings is 2. The van der Waals surface area contributed by atoms with E-state index in [1.54, 1.807) is 0 Å². The summed E-state index contributed by atoms with van der Waals surface area (Å²) in [5.41, 5.74) is 2.77. The van der Waals surface area contributed by atoms with Crippen molar-refractivity contribution in [2.75, 3.05) is 0 Å². The lowest BCUT2D eigenvalue weighted by Crippen LogP contribution is -3.61. The van der Waals surface area contributed by atoms with Crippen LogP contribution in [0.1, 0.15) is 18.1 Å². The van der Waals surface area contributed by atoms with Crippen LogP contribution < -0.4 is 21.2 Å². The summed E-state index contributed by atoms with van der Waals surface area (Å²) in [6, 6.07) is 18.0. The van der Waals surface area contributed by atoms with E-state index in [-0.39, 0.29) is 21.2 Å². The fourth-order valence-corrected chi connectivity index (χ4v) is 3.66. The highest BCUT2D eigenvalue weighted by Gasteiger charge is 2.14. The largest absolute Gasteiger partial charge is 0.357 e. The number of rotatable bonds is 3. The second-order valence-corrected chi connectivity index (χ2v) is 6.90. The summed E-state index contributed by atoms with van der Waals surface area (Å²) in [7, 11) is 0. The van der Waals surface area contributed by atoms with Crippen LogP contribution in [0, 0.1) is 14.1 Å². The van der Waals surface area contributed by atoms with E-state index in [1.165, 1.54) is 18.3 Å². The number of hydrogen-bond donors (Lipinski definition) is 0. The molecule has 0 bridgehead atoms. The van der Waals surface area contributed by atoms with Gasteiger partial charge in [0.1, 0.15) is 0 Å². The lowest BCUT2D eigenvalue weighted by Gasteiger charge is -1.93. The summed E-state index contributed by atoms with van der Waals surface area (Å²) in [6.07, 6.45) is 1.13. The zero-order chi connectivity index (χ0) is 11.4. The van der Waals surface area contributed by atoms with E-state index in [0.29, 0.717) is 0 Å². The molecule has 0 aromatic heterocycles. The van der Waals surface area contributed by atoms with Crippen LogP contribution in [0.3, 0.4) is 0 Å². The van der Waals surface area contributed by atoms with Gasteiger partial charge in [0.2, 0.25) is 0 Å². The summed E-state index contributed by atoms with van der Waals surface area (Å²) in [5, 5.41) is 0. The topological polar surface area (TPSA) is 0 Å². The minimum absolute atomic E-state index is 0.00216. The van der Waals surface area contributed by atoms with Gasteiger partial charge in [0.05, 0.1) is 0 Å². The summed E-state index contributed by atoms with van der Waals surface area (Å²) in [5.74, 6) is 0. The first-order chi connectivity index (χ1) is 7.78. The van der Waals surface area contributed by atoms with Crippen molar-refractivity contribution in [3.8, 4) is 0 Å². The van der Waals surface area contributed by atoms with E-state index >= 15 is 0 Å². The monoisotopic (exact) mass is 323 g/mol. The average molecular weight is 323 g/mol. The Morgan fingerprint density at radius 3 is 1.81 bits per heavy atom. The third-order valence-corrected chi connectivity index (χ3v) is 5.23. The Morgan fingerprint density at radius 2 is 1.31 bits per heavy atom. The zero-order valence-corrected chi connectivity index (χ0v) is 11.9. The van der Waals surface area contributed by atoms with Crippen molar-refractivity contribution < 1.29 is 21.2 Å². The van der Waals surface area contributed by atoms with E-state index in [9.17, 15) is 0 Å². The molecule has 0 unspecified atom stereocenters. The Balaban J connectivity index is 2.11. The van der Waals surface area contributed by atoms with E-state index < -0.39 is 0 Å². The molecule has 0 fully saturated rings. The second kappa shape index (κ2) is 5.48. The fraction of sp³-hybridized carbons (Fsp3) is 0.200. The lowest BCUT2D eigenvalue weighted by atomic mass is 10.2. The van der Waals surface area contributed by atoms with Gasteiger partial charge >= 0.3 is 21.2 Å². The van der Waals surface area contributed by atoms with E-state index in [0.717, 1.165) is 6.42 Å². The van der Waals surface area contributed by atoms with Gasteiger partial charge in [-0.05, 0) is 43.2 Å². The SMILES string of the molecule is CCc1ccc([I+]c2ccc(C)cc2)cc1. The normalized spacial score (nSPS) is 10.4. The molecule has 16 heavy (non-hydrogen) atoms. The molecule has 0 saturated heterocycles. The highest BCUT2D eigenvalue weighted by atomic mass is 127. The van der Waals surface area contributed by atoms with Crippen LogP contribution in [0.5, 0.6) is 0 Å². The van der Waals surface area contributed by atoms with Crippen molar-refractivity contribution in [1.29, 1.82) is 0 Å². The van der Waals surface area contributed by atoms with Gasteiger partial charge in [-0.15, -0.1) is 0 Å². The van der Waals surface area contributed by atoms with E-state index in [2.05, 4.69) is 62.4 Å². The summed E-state index contributed by atoms with van der Waals surface area (Å²) < 4.78 is 2.99. The first-order valence-corrected chi connectivity index (χ1v) is 7.74. The van der Waals surface area contributed by atoms with Crippen LogP contribution in [0.25, 0.3) is 0 Å². The van der Waals surface area contributed by atoms with Crippen molar-refractivity contribution in [3.05, 3.63) is 66.8 Å². The maximum atomic E-state index is 2.28. The minimum Gasteiger partial charge on any atom is -0.0613 e. The third kappa shape index (κ3) is 3.08. The van der Waals surface area contributed by atoms with Gasteiger partial charge in [-0.3, -0.25) is 0 Å². The molecule has 1 heteroatoms. The van der Waals surface area contributed by atoms with E-state index in [4.69, 9.17) is 0 Å². The fourth-order valence-electron chi connectivity index (χ4n) is 1.51. The first-order valence-electron chi connectivity index (χ1n) is 5.58. The Morgan fingerprint density at radius 1 is 0.812 bits per heavy atom. The van der Waals surface area contributed by atoms with Gasteiger partial charge in [-0.1, -0.05) is 36.8 Å². The van der Waals surface area contributed by atoms with Crippen molar-refractivity contribution in [2.24, 2.45) is 0 Å². The molecule has 0 spiro atoms. The molecule has 2 aromatic rings. The Labute approximate surface area is 108 Å². The molecule has 0 heterocycles. The van der Waals surface area contributed by atoms with Gasteiger partial charge in [0, 0.05) is 0 Å². The smallest absolute Gasteiger partial charge is 0.0613 e. The number of halogens is 1. The highest BCUT2D eigenvalue weighted by Crippen LogP contribution is 1.98. The molecule has 0 atom stereocenters. The standard InChI is InChI=1S/C15H16I/c1-3-13-6-10-15(11-7-13)16-14-8-4-12(2)5-9-14/h4-11H,3H2,1-2H3/q+1. The van der Waals surface area contributed by atoms with Crippen molar-refractivity contribution >= 4 is 0 Å². The molecule has 82 valence electrons. The van der Waals surface area contributed by atoms with Crippen molar-refractivity contribution in [2.45, 2.75) is 20.3 Å². The predicted octanol–water partition coefficient (Wildman–Crippen LogP) is 0.686. The molecule has 0 N–H and O–H groups in total. The van der Waals surface area contributed by atoms with Gasteiger partial charge in [0.15, 0.2) is 7.14 Å². The number of hydrogen-bond acceptors (Lipinski definition) is 0. The van der Waals surface area contributed by atoms with Crippen LogP contribution >= 0.6 is 0 Å². The zero-order valence-electron chi connectivity index (χ0n) is 9.70. The molecule has 0 nitrogen and oxygen atoms in total. The van der Waals surface area contributed by atoms with Crippen molar-refractivity contribution in [1.82, 2.24) is 0 Å². The van der Waals surface area contributed by atoms with Crippen LogP contribution in [0.4, 0.5) is 0 Å². The molecule has 0 aliphatic carbocycles. The summed E-state index contributed by atoms with van der Waals surface area (Å²) >= 11 is -0.00216. The quantitative estimate of drug-likeness (QED) is 0.729. The summed E-state index contributed by atoms with van der Waals surface area (Å²) in [6.45, 7) is 4.34.